The van der Waals surface area contributed by atoms with Gasteiger partial charge in [0.25, 0.3) is 0 Å². The first-order valence-electron chi connectivity index (χ1n) is 5.92. The van der Waals surface area contributed by atoms with Crippen LogP contribution >= 0.6 is 0 Å². The van der Waals surface area contributed by atoms with Crippen LogP contribution in [0.3, 0.4) is 0 Å². The summed E-state index contributed by atoms with van der Waals surface area (Å²) in [4.78, 5) is 0. The lowest BCUT2D eigenvalue weighted by molar-refractivity contribution is 0.253. The molecule has 84 valence electrons. The van der Waals surface area contributed by atoms with Crippen LogP contribution in [0.1, 0.15) is 38.3 Å². The number of nitrogens with one attached hydrogen (secondary N) is 1. The van der Waals surface area contributed by atoms with Gasteiger partial charge in [0.1, 0.15) is 0 Å². The minimum absolute atomic E-state index is 0.438. The van der Waals surface area contributed by atoms with Crippen LogP contribution in [0.5, 0.6) is 0 Å². The summed E-state index contributed by atoms with van der Waals surface area (Å²) in [5.74, 6) is 0.625. The minimum Gasteiger partial charge on any atom is -0.315 e. The molecule has 1 N–H and O–H groups in total. The maximum absolute atomic E-state index is 4.28. The highest BCUT2D eigenvalue weighted by atomic mass is 15.3. The van der Waals surface area contributed by atoms with Gasteiger partial charge in [-0.05, 0) is 24.3 Å². The van der Waals surface area contributed by atoms with Crippen molar-refractivity contribution in [3.05, 3.63) is 18.0 Å². The van der Waals surface area contributed by atoms with Crippen LogP contribution in [0.2, 0.25) is 0 Å². The van der Waals surface area contributed by atoms with Crippen molar-refractivity contribution in [2.75, 3.05) is 13.1 Å². The summed E-state index contributed by atoms with van der Waals surface area (Å²) in [6.45, 7) is 6.86. The Morgan fingerprint density at radius 3 is 2.80 bits per heavy atom. The summed E-state index contributed by atoms with van der Waals surface area (Å²) in [6, 6.07) is 2.16. The molecule has 2 heterocycles. The number of rotatable bonds is 3. The van der Waals surface area contributed by atoms with Gasteiger partial charge in [-0.1, -0.05) is 13.8 Å². The van der Waals surface area contributed by atoms with Crippen molar-refractivity contribution < 1.29 is 0 Å². The maximum atomic E-state index is 4.28. The fraction of sp³-hybridized carbons (Fsp3) is 0.750. The van der Waals surface area contributed by atoms with E-state index in [9.17, 15) is 0 Å². The molecule has 1 aliphatic rings. The van der Waals surface area contributed by atoms with Crippen LogP contribution < -0.4 is 5.32 Å². The molecule has 0 saturated carbocycles. The second-order valence-corrected chi connectivity index (χ2v) is 4.63. The molecular weight excluding hydrogens is 186 g/mol. The van der Waals surface area contributed by atoms with Crippen molar-refractivity contribution in [2.24, 2.45) is 12.5 Å². The molecule has 3 heteroatoms. The number of aromatic nitrogens is 2. The van der Waals surface area contributed by atoms with Gasteiger partial charge >= 0.3 is 0 Å². The quantitative estimate of drug-likeness (QED) is 0.820. The van der Waals surface area contributed by atoms with Crippen molar-refractivity contribution in [3.63, 3.8) is 0 Å². The highest BCUT2D eigenvalue weighted by Crippen LogP contribution is 2.44. The first-order chi connectivity index (χ1) is 7.23. The second-order valence-electron chi connectivity index (χ2n) is 4.63. The molecule has 0 aromatic carbocycles. The molecule has 2 rings (SSSR count). The third-order valence-electron chi connectivity index (χ3n) is 4.19. The Bertz CT molecular complexity index is 325. The third-order valence-corrected chi connectivity index (χ3v) is 4.19. The summed E-state index contributed by atoms with van der Waals surface area (Å²) in [6.07, 6.45) is 4.39. The zero-order chi connectivity index (χ0) is 10.9. The molecule has 1 aromatic rings. The third kappa shape index (κ3) is 1.59. The van der Waals surface area contributed by atoms with Gasteiger partial charge in [0.2, 0.25) is 0 Å². The molecule has 1 aromatic heterocycles. The van der Waals surface area contributed by atoms with Gasteiger partial charge in [-0.25, -0.2) is 0 Å². The average molecular weight is 207 g/mol. The van der Waals surface area contributed by atoms with Crippen LogP contribution in [0.25, 0.3) is 0 Å². The molecular formula is C12H21N3. The predicted molar refractivity (Wildman–Crippen MR) is 61.8 cm³/mol. The Labute approximate surface area is 91.9 Å². The van der Waals surface area contributed by atoms with E-state index in [2.05, 4.69) is 30.3 Å². The summed E-state index contributed by atoms with van der Waals surface area (Å²) in [7, 11) is 2.05. The molecule has 1 fully saturated rings. The van der Waals surface area contributed by atoms with Crippen molar-refractivity contribution in [3.8, 4) is 0 Å². The summed E-state index contributed by atoms with van der Waals surface area (Å²) in [5.41, 5.74) is 1.82. The number of aryl methyl sites for hydroxylation is 1. The zero-order valence-electron chi connectivity index (χ0n) is 9.95. The molecule has 0 amide bonds. The van der Waals surface area contributed by atoms with E-state index < -0.39 is 0 Å². The van der Waals surface area contributed by atoms with Crippen LogP contribution in [-0.4, -0.2) is 22.9 Å². The Hall–Kier alpha value is -0.830. The lowest BCUT2D eigenvalue weighted by Gasteiger charge is -2.32. The molecule has 1 aliphatic heterocycles. The van der Waals surface area contributed by atoms with Gasteiger partial charge < -0.3 is 5.32 Å². The predicted octanol–water partition coefficient (Wildman–Crippen LogP) is 1.91. The van der Waals surface area contributed by atoms with Crippen molar-refractivity contribution in [1.82, 2.24) is 15.1 Å². The molecule has 1 atom stereocenters. The van der Waals surface area contributed by atoms with Crippen molar-refractivity contribution in [1.29, 1.82) is 0 Å². The average Bonchev–Trinajstić information content (AvgIpc) is 2.83. The summed E-state index contributed by atoms with van der Waals surface area (Å²) >= 11 is 0. The fourth-order valence-corrected chi connectivity index (χ4v) is 2.94. The second kappa shape index (κ2) is 3.97. The molecule has 1 saturated heterocycles. The van der Waals surface area contributed by atoms with Crippen molar-refractivity contribution >= 4 is 0 Å². The van der Waals surface area contributed by atoms with Gasteiger partial charge in [-0.15, -0.1) is 0 Å². The highest BCUT2D eigenvalue weighted by Gasteiger charge is 2.41. The molecule has 0 spiro atoms. The first-order valence-corrected chi connectivity index (χ1v) is 5.92. The Morgan fingerprint density at radius 1 is 1.53 bits per heavy atom. The number of nitrogens with zero attached hydrogens (tertiary/aromatic N) is 2. The van der Waals surface area contributed by atoms with E-state index >= 15 is 0 Å². The minimum atomic E-state index is 0.438. The van der Waals surface area contributed by atoms with E-state index in [4.69, 9.17) is 0 Å². The molecule has 3 nitrogen and oxygen atoms in total. The van der Waals surface area contributed by atoms with E-state index in [0.29, 0.717) is 11.3 Å². The van der Waals surface area contributed by atoms with Crippen LogP contribution in [-0.2, 0) is 7.05 Å². The lowest BCUT2D eigenvalue weighted by Crippen LogP contribution is -2.28. The molecule has 0 radical (unpaired) electrons. The van der Waals surface area contributed by atoms with E-state index in [1.807, 2.05) is 17.9 Å². The zero-order valence-corrected chi connectivity index (χ0v) is 9.95. The van der Waals surface area contributed by atoms with E-state index in [0.717, 1.165) is 13.1 Å². The molecule has 0 aliphatic carbocycles. The van der Waals surface area contributed by atoms with Gasteiger partial charge in [-0.2, -0.15) is 5.10 Å². The van der Waals surface area contributed by atoms with Gasteiger partial charge in [-0.3, -0.25) is 4.68 Å². The Kier molecular flexibility index (Phi) is 2.83. The molecule has 15 heavy (non-hydrogen) atoms. The van der Waals surface area contributed by atoms with Crippen LogP contribution in [0, 0.1) is 5.41 Å². The Balaban J connectivity index is 2.32. The van der Waals surface area contributed by atoms with Crippen LogP contribution in [0.4, 0.5) is 0 Å². The van der Waals surface area contributed by atoms with E-state index in [1.54, 1.807) is 0 Å². The maximum Gasteiger partial charge on any atom is 0.0492 e. The smallest absolute Gasteiger partial charge is 0.0492 e. The SMILES string of the molecule is CCC1(CC)CNCC1c1ccnn1C. The van der Waals surface area contributed by atoms with Crippen LogP contribution in [0.15, 0.2) is 12.3 Å². The van der Waals surface area contributed by atoms with E-state index in [1.165, 1.54) is 18.5 Å². The Morgan fingerprint density at radius 2 is 2.27 bits per heavy atom. The standard InChI is InChI=1S/C12H21N3/c1-4-12(5-2)9-13-8-10(12)11-6-7-14-15(11)3/h6-7,10,13H,4-5,8-9H2,1-3H3. The number of hydrogen-bond acceptors (Lipinski definition) is 2. The normalized spacial score (nSPS) is 24.6. The number of hydrogen-bond donors (Lipinski definition) is 1. The van der Waals surface area contributed by atoms with Gasteiger partial charge in [0, 0.05) is 37.9 Å². The van der Waals surface area contributed by atoms with Gasteiger partial charge in [0.15, 0.2) is 0 Å². The van der Waals surface area contributed by atoms with Crippen molar-refractivity contribution in [2.45, 2.75) is 32.6 Å². The topological polar surface area (TPSA) is 29.9 Å². The molecule has 0 bridgehead atoms. The first kappa shape index (κ1) is 10.7. The summed E-state index contributed by atoms with van der Waals surface area (Å²) < 4.78 is 2.03. The monoisotopic (exact) mass is 207 g/mol. The largest absolute Gasteiger partial charge is 0.315 e. The highest BCUT2D eigenvalue weighted by molar-refractivity contribution is 5.16. The van der Waals surface area contributed by atoms with Gasteiger partial charge in [0.05, 0.1) is 0 Å². The lowest BCUT2D eigenvalue weighted by atomic mass is 9.72. The molecule has 1 unspecified atom stereocenters. The summed E-state index contributed by atoms with van der Waals surface area (Å²) in [5, 5.41) is 7.82. The fourth-order valence-electron chi connectivity index (χ4n) is 2.94. The van der Waals surface area contributed by atoms with E-state index in [-0.39, 0.29) is 0 Å².